The predicted octanol–water partition coefficient (Wildman–Crippen LogP) is 10.3. The number of esters is 5. The molecular formula is C55H65NO12. The van der Waals surface area contributed by atoms with Crippen LogP contribution in [0.1, 0.15) is 109 Å². The fourth-order valence-corrected chi connectivity index (χ4v) is 7.26. The Morgan fingerprint density at radius 1 is 0.515 bits per heavy atom. The fourth-order valence-electron chi connectivity index (χ4n) is 7.26. The highest BCUT2D eigenvalue weighted by molar-refractivity contribution is 5.77. The highest BCUT2D eigenvalue weighted by Gasteiger charge is 2.32. The smallest absolute Gasteiger partial charge is 0.310 e. The van der Waals surface area contributed by atoms with E-state index in [4.69, 9.17) is 28.4 Å². The SMILES string of the molecule is C=CCN(CC=C)C(=O)CCC(C)(c1ccc(OC(C)=O)cc1)c1ccc(OC(=O)CC)cc1.C=COCCCCOC(=O)CCC(C)(c1ccc(OC(C)=O)cc1)c1ccc(OC(C)=O)cc1. The third-order valence-corrected chi connectivity index (χ3v) is 11.0. The quantitative estimate of drug-likeness (QED) is 0.0204. The van der Waals surface area contributed by atoms with Gasteiger partial charge < -0.3 is 33.3 Å². The number of carbonyl (C=O) groups excluding carboxylic acids is 6. The van der Waals surface area contributed by atoms with Gasteiger partial charge in [0.2, 0.25) is 5.91 Å². The van der Waals surface area contributed by atoms with Gasteiger partial charge in [0.05, 0.1) is 19.5 Å². The summed E-state index contributed by atoms with van der Waals surface area (Å²) in [6.45, 7) is 22.6. The van der Waals surface area contributed by atoms with E-state index in [-0.39, 0.29) is 30.2 Å². The van der Waals surface area contributed by atoms with Crippen LogP contribution in [0.3, 0.4) is 0 Å². The second kappa shape index (κ2) is 28.0. The molecule has 0 aliphatic heterocycles. The summed E-state index contributed by atoms with van der Waals surface area (Å²) in [5, 5.41) is 0. The molecule has 1 atom stereocenters. The van der Waals surface area contributed by atoms with Crippen molar-refractivity contribution in [2.75, 3.05) is 26.3 Å². The minimum atomic E-state index is -0.541. The molecule has 13 heteroatoms. The van der Waals surface area contributed by atoms with Gasteiger partial charge >= 0.3 is 29.8 Å². The van der Waals surface area contributed by atoms with Gasteiger partial charge in [0.1, 0.15) is 23.0 Å². The minimum Gasteiger partial charge on any atom is -0.502 e. The molecule has 4 aromatic carbocycles. The molecule has 0 saturated carbocycles. The van der Waals surface area contributed by atoms with Crippen molar-refractivity contribution in [2.45, 2.75) is 97.3 Å². The van der Waals surface area contributed by atoms with Crippen molar-refractivity contribution >= 4 is 35.8 Å². The molecule has 0 bridgehead atoms. The van der Waals surface area contributed by atoms with Crippen LogP contribution in [0.5, 0.6) is 23.0 Å². The zero-order valence-electron chi connectivity index (χ0n) is 40.2. The van der Waals surface area contributed by atoms with Gasteiger partial charge in [-0.2, -0.15) is 0 Å². The highest BCUT2D eigenvalue weighted by Crippen LogP contribution is 2.40. The first kappa shape index (κ1) is 55.1. The van der Waals surface area contributed by atoms with Crippen molar-refractivity contribution in [1.82, 2.24) is 4.90 Å². The summed E-state index contributed by atoms with van der Waals surface area (Å²) in [7, 11) is 0. The lowest BCUT2D eigenvalue weighted by molar-refractivity contribution is -0.144. The molecule has 1 amide bonds. The zero-order valence-corrected chi connectivity index (χ0v) is 40.2. The molecule has 0 aliphatic rings. The minimum absolute atomic E-state index is 0.0102. The van der Waals surface area contributed by atoms with Gasteiger partial charge in [0.25, 0.3) is 0 Å². The monoisotopic (exact) mass is 931 g/mol. The summed E-state index contributed by atoms with van der Waals surface area (Å²) < 4.78 is 31.2. The first-order valence-electron chi connectivity index (χ1n) is 22.5. The van der Waals surface area contributed by atoms with Crippen molar-refractivity contribution < 1.29 is 57.2 Å². The first-order valence-corrected chi connectivity index (χ1v) is 22.5. The molecule has 0 aliphatic carbocycles. The molecule has 0 N–H and O–H groups in total. The summed E-state index contributed by atoms with van der Waals surface area (Å²) in [5.74, 6) is 0.0922. The van der Waals surface area contributed by atoms with E-state index in [0.717, 1.165) is 28.7 Å². The third-order valence-electron chi connectivity index (χ3n) is 11.0. The number of ether oxygens (including phenoxy) is 6. The Balaban J connectivity index is 0.000000360. The van der Waals surface area contributed by atoms with Crippen LogP contribution in [0, 0.1) is 0 Å². The van der Waals surface area contributed by atoms with Crippen LogP contribution < -0.4 is 18.9 Å². The number of hydrogen-bond donors (Lipinski definition) is 0. The molecule has 0 radical (unpaired) electrons. The van der Waals surface area contributed by atoms with Crippen molar-refractivity contribution in [1.29, 1.82) is 0 Å². The van der Waals surface area contributed by atoms with Crippen molar-refractivity contribution in [2.24, 2.45) is 0 Å². The lowest BCUT2D eigenvalue weighted by Gasteiger charge is -2.32. The summed E-state index contributed by atoms with van der Waals surface area (Å²) in [6.07, 6.45) is 8.14. The van der Waals surface area contributed by atoms with Gasteiger partial charge in [-0.25, -0.2) is 0 Å². The Morgan fingerprint density at radius 3 is 1.21 bits per heavy atom. The second-order valence-electron chi connectivity index (χ2n) is 16.2. The lowest BCUT2D eigenvalue weighted by Crippen LogP contribution is -2.33. The molecule has 4 aromatic rings. The number of rotatable bonds is 25. The molecule has 362 valence electrons. The first-order chi connectivity index (χ1) is 32.5. The molecule has 68 heavy (non-hydrogen) atoms. The van der Waals surface area contributed by atoms with E-state index in [1.165, 1.54) is 27.0 Å². The molecule has 1 unspecified atom stereocenters. The van der Waals surface area contributed by atoms with Crippen LogP contribution in [-0.4, -0.2) is 67.0 Å². The Kier molecular flexibility index (Phi) is 22.7. The molecule has 0 aromatic heterocycles. The maximum Gasteiger partial charge on any atom is 0.310 e. The molecule has 4 rings (SSSR count). The lowest BCUT2D eigenvalue weighted by atomic mass is 9.73. The van der Waals surface area contributed by atoms with Crippen molar-refractivity contribution in [3.63, 3.8) is 0 Å². The average Bonchev–Trinajstić information content (AvgIpc) is 3.31. The van der Waals surface area contributed by atoms with Crippen LogP contribution >= 0.6 is 0 Å². The fraction of sp³-hybridized carbons (Fsp3) is 0.345. The summed E-state index contributed by atoms with van der Waals surface area (Å²) in [6, 6.07) is 29.1. The number of benzene rings is 4. The Hall–Kier alpha value is -7.28. The normalized spacial score (nSPS) is 11.5. The van der Waals surface area contributed by atoms with Crippen LogP contribution in [0.2, 0.25) is 0 Å². The predicted molar refractivity (Wildman–Crippen MR) is 260 cm³/mol. The largest absolute Gasteiger partial charge is 0.502 e. The molecule has 0 spiro atoms. The number of amides is 1. The van der Waals surface area contributed by atoms with E-state index in [0.29, 0.717) is 81.4 Å². The molecular weight excluding hydrogens is 867 g/mol. The van der Waals surface area contributed by atoms with E-state index in [1.54, 1.807) is 72.5 Å². The van der Waals surface area contributed by atoms with Crippen molar-refractivity contribution in [3.8, 4) is 23.0 Å². The Bertz CT molecular complexity index is 2230. The number of hydrogen-bond acceptors (Lipinski definition) is 12. The summed E-state index contributed by atoms with van der Waals surface area (Å²) >= 11 is 0. The molecule has 0 saturated heterocycles. The number of nitrogens with zero attached hydrogens (tertiary/aromatic N) is 1. The van der Waals surface area contributed by atoms with Gasteiger partial charge in [-0.15, -0.1) is 13.2 Å². The van der Waals surface area contributed by atoms with Crippen LogP contribution in [-0.2, 0) is 49.1 Å². The van der Waals surface area contributed by atoms with Gasteiger partial charge in [-0.05, 0) is 96.5 Å². The van der Waals surface area contributed by atoms with Crippen LogP contribution in [0.4, 0.5) is 0 Å². The van der Waals surface area contributed by atoms with E-state index in [1.807, 2.05) is 55.5 Å². The second-order valence-corrected chi connectivity index (χ2v) is 16.2. The third kappa shape index (κ3) is 17.8. The van der Waals surface area contributed by atoms with E-state index in [9.17, 15) is 28.8 Å². The maximum atomic E-state index is 12.9. The van der Waals surface area contributed by atoms with Crippen LogP contribution in [0.15, 0.2) is 135 Å². The number of unbranched alkanes of at least 4 members (excludes halogenated alkanes) is 1. The van der Waals surface area contributed by atoms with Gasteiger partial charge in [-0.1, -0.05) is 88.0 Å². The van der Waals surface area contributed by atoms with E-state index in [2.05, 4.69) is 26.7 Å². The van der Waals surface area contributed by atoms with E-state index >= 15 is 0 Å². The summed E-state index contributed by atoms with van der Waals surface area (Å²) in [5.41, 5.74) is 2.76. The topological polar surface area (TPSA) is 161 Å². The zero-order chi connectivity index (χ0) is 50.1. The number of carbonyl (C=O) groups is 6. The molecule has 13 nitrogen and oxygen atoms in total. The van der Waals surface area contributed by atoms with Gasteiger partial charge in [-0.3, -0.25) is 28.8 Å². The Morgan fingerprint density at radius 2 is 0.868 bits per heavy atom. The maximum absolute atomic E-state index is 12.9. The Labute approximate surface area is 400 Å². The highest BCUT2D eigenvalue weighted by atomic mass is 16.5. The molecule has 0 fully saturated rings. The van der Waals surface area contributed by atoms with E-state index < -0.39 is 22.8 Å². The summed E-state index contributed by atoms with van der Waals surface area (Å²) in [4.78, 5) is 72.4. The molecule has 0 heterocycles. The average molecular weight is 932 g/mol. The standard InChI is InChI=1S/C28H33NO5.C27H32O7/c1-6-19-29(20-7-2)26(31)17-18-28(5,22-9-13-24(14-10-22)33-21(4)30)23-11-15-25(16-12-23)34-27(32)8-3;1-5-31-18-6-7-19-32-26(30)16-17-27(4,22-8-12-24(13-9-22)33-20(2)28)23-10-14-25(15-11-23)34-21(3)29/h6-7,9-16H,1-2,8,17-20H2,3-5H3;5,8-15H,1,6-7,16-19H2,2-4H3. The van der Waals surface area contributed by atoms with Crippen molar-refractivity contribution in [3.05, 3.63) is 157 Å². The van der Waals surface area contributed by atoms with Gasteiger partial charge in [0.15, 0.2) is 0 Å². The van der Waals surface area contributed by atoms with Crippen LogP contribution in [0.25, 0.3) is 0 Å². The van der Waals surface area contributed by atoms with Gasteiger partial charge in [0, 0.05) is 64.0 Å².